The number of ketones is 1. The van der Waals surface area contributed by atoms with Gasteiger partial charge in [0.15, 0.2) is 5.78 Å². The molecule has 1 aromatic heterocycles. The molecule has 1 amide bonds. The van der Waals surface area contributed by atoms with E-state index in [1.54, 1.807) is 12.1 Å². The van der Waals surface area contributed by atoms with Crippen molar-refractivity contribution in [2.75, 3.05) is 7.11 Å². The lowest BCUT2D eigenvalue weighted by Crippen LogP contribution is -2.41. The monoisotopic (exact) mass is 388 g/mol. The molecule has 0 aromatic carbocycles. The van der Waals surface area contributed by atoms with Crippen LogP contribution in [0, 0.1) is 0 Å². The Hall–Kier alpha value is -2.63. The van der Waals surface area contributed by atoms with Crippen LogP contribution >= 0.6 is 0 Å². The third-order valence-corrected chi connectivity index (χ3v) is 4.49. The molecular formula is C22H32N2O4. The summed E-state index contributed by atoms with van der Waals surface area (Å²) in [5.41, 5.74) is 0.651. The molecule has 2 N–H and O–H groups in total. The maximum absolute atomic E-state index is 12.3. The molecule has 28 heavy (non-hydrogen) atoms. The zero-order valence-corrected chi connectivity index (χ0v) is 16.8. The smallest absolute Gasteiger partial charge is 0.328 e. The second-order valence-electron chi connectivity index (χ2n) is 6.73. The van der Waals surface area contributed by atoms with Gasteiger partial charge in [-0.05, 0) is 37.8 Å². The van der Waals surface area contributed by atoms with E-state index >= 15 is 0 Å². The van der Waals surface area contributed by atoms with E-state index in [9.17, 15) is 14.4 Å². The molecule has 0 aliphatic carbocycles. The topological polar surface area (TPSA) is 88.3 Å². The van der Waals surface area contributed by atoms with Crippen LogP contribution in [-0.4, -0.2) is 35.8 Å². The number of unbranched alkanes of at least 4 members (excludes halogenated alkanes) is 6. The second kappa shape index (κ2) is 13.5. The molecule has 0 bridgehead atoms. The summed E-state index contributed by atoms with van der Waals surface area (Å²) in [6, 6.07) is 2.35. The van der Waals surface area contributed by atoms with Crippen LogP contribution < -0.4 is 5.32 Å². The van der Waals surface area contributed by atoms with Gasteiger partial charge in [0.2, 0.25) is 0 Å². The number of H-pyrrole nitrogens is 1. The molecule has 1 aromatic rings. The Balaban J connectivity index is 2.42. The van der Waals surface area contributed by atoms with E-state index in [1.165, 1.54) is 32.4 Å². The van der Waals surface area contributed by atoms with E-state index in [4.69, 9.17) is 0 Å². The number of aromatic nitrogens is 1. The van der Waals surface area contributed by atoms with E-state index in [1.807, 2.05) is 6.08 Å². The first kappa shape index (κ1) is 23.4. The number of aromatic amines is 1. The van der Waals surface area contributed by atoms with Crippen molar-refractivity contribution in [3.05, 3.63) is 48.8 Å². The number of hydrogen-bond acceptors (Lipinski definition) is 4. The van der Waals surface area contributed by atoms with Gasteiger partial charge in [0.05, 0.1) is 12.8 Å². The van der Waals surface area contributed by atoms with Crippen LogP contribution in [0.1, 0.15) is 78.8 Å². The minimum atomic E-state index is -0.802. The molecule has 1 rings (SSSR count). The standard InChI is InChI=1S/C22H32N2O4/c1-4-6-7-8-9-10-11-12-14-20(25)17-15-16-18(23-17)21(26)24-19(13-5-2)22(27)28-3/h4-5,15-16,19,23H,1-2,6-14H2,3H3,(H,24,26). The van der Waals surface area contributed by atoms with Gasteiger partial charge < -0.3 is 15.0 Å². The lowest BCUT2D eigenvalue weighted by Gasteiger charge is -2.14. The zero-order valence-electron chi connectivity index (χ0n) is 16.8. The molecule has 1 atom stereocenters. The minimum absolute atomic E-state index is 0.0127. The number of Topliss-reactive ketones (excluding diaryl/α,β-unsaturated/α-hetero) is 1. The van der Waals surface area contributed by atoms with Crippen LogP contribution in [0.4, 0.5) is 0 Å². The highest BCUT2D eigenvalue weighted by Gasteiger charge is 2.22. The summed E-state index contributed by atoms with van der Waals surface area (Å²) < 4.78 is 4.67. The summed E-state index contributed by atoms with van der Waals surface area (Å²) in [6.07, 6.45) is 11.8. The van der Waals surface area contributed by atoms with Crippen molar-refractivity contribution >= 4 is 17.7 Å². The van der Waals surface area contributed by atoms with Crippen LogP contribution in [0.3, 0.4) is 0 Å². The van der Waals surface area contributed by atoms with Crippen LogP contribution in [0.15, 0.2) is 37.4 Å². The average Bonchev–Trinajstić information content (AvgIpc) is 3.19. The van der Waals surface area contributed by atoms with Gasteiger partial charge in [-0.25, -0.2) is 4.79 Å². The summed E-state index contributed by atoms with van der Waals surface area (Å²) in [7, 11) is 1.26. The van der Waals surface area contributed by atoms with Crippen LogP contribution in [0.2, 0.25) is 0 Å². The van der Waals surface area contributed by atoms with Gasteiger partial charge in [-0.15, -0.1) is 13.2 Å². The van der Waals surface area contributed by atoms with Crippen molar-refractivity contribution in [2.24, 2.45) is 0 Å². The fraction of sp³-hybridized carbons (Fsp3) is 0.500. The number of amides is 1. The fourth-order valence-corrected chi connectivity index (χ4v) is 2.87. The highest BCUT2D eigenvalue weighted by atomic mass is 16.5. The van der Waals surface area contributed by atoms with E-state index in [-0.39, 0.29) is 17.9 Å². The van der Waals surface area contributed by atoms with Gasteiger partial charge >= 0.3 is 5.97 Å². The first-order valence-electron chi connectivity index (χ1n) is 9.86. The van der Waals surface area contributed by atoms with Crippen LogP contribution in [-0.2, 0) is 9.53 Å². The first-order chi connectivity index (χ1) is 13.5. The van der Waals surface area contributed by atoms with Crippen molar-refractivity contribution < 1.29 is 19.1 Å². The average molecular weight is 389 g/mol. The molecule has 0 aliphatic heterocycles. The number of hydrogen-bond donors (Lipinski definition) is 2. The number of methoxy groups -OCH3 is 1. The summed E-state index contributed by atoms with van der Waals surface area (Å²) in [5, 5.41) is 2.58. The quantitative estimate of drug-likeness (QED) is 0.202. The van der Waals surface area contributed by atoms with Gasteiger partial charge in [-0.2, -0.15) is 0 Å². The van der Waals surface area contributed by atoms with Crippen LogP contribution in [0.25, 0.3) is 0 Å². The predicted octanol–water partition coefficient (Wildman–Crippen LogP) is 4.35. The molecule has 0 spiro atoms. The van der Waals surface area contributed by atoms with E-state index < -0.39 is 17.9 Å². The van der Waals surface area contributed by atoms with Gasteiger partial charge in [0, 0.05) is 6.42 Å². The molecule has 154 valence electrons. The number of esters is 1. The molecule has 1 unspecified atom stereocenters. The van der Waals surface area contributed by atoms with Crippen LogP contribution in [0.5, 0.6) is 0 Å². The van der Waals surface area contributed by atoms with E-state index in [0.29, 0.717) is 12.1 Å². The maximum atomic E-state index is 12.3. The Morgan fingerprint density at radius 3 is 2.32 bits per heavy atom. The molecule has 6 heteroatoms. The Labute approximate surface area is 167 Å². The Morgan fingerprint density at radius 1 is 1.04 bits per heavy atom. The van der Waals surface area contributed by atoms with Gasteiger partial charge in [0.25, 0.3) is 5.91 Å². The van der Waals surface area contributed by atoms with Crippen molar-refractivity contribution in [2.45, 2.75) is 63.8 Å². The Morgan fingerprint density at radius 2 is 1.68 bits per heavy atom. The molecule has 0 fully saturated rings. The normalized spacial score (nSPS) is 11.5. The Bertz CT molecular complexity index is 663. The molecule has 1 heterocycles. The highest BCUT2D eigenvalue weighted by Crippen LogP contribution is 2.12. The Kier molecular flexibility index (Phi) is 11.3. The molecule has 0 saturated heterocycles. The highest BCUT2D eigenvalue weighted by molar-refractivity contribution is 5.99. The van der Waals surface area contributed by atoms with Crippen molar-refractivity contribution in [3.63, 3.8) is 0 Å². The molecule has 0 radical (unpaired) electrons. The molecular weight excluding hydrogens is 356 g/mol. The van der Waals surface area contributed by atoms with Gasteiger partial charge in [-0.3, -0.25) is 9.59 Å². The largest absolute Gasteiger partial charge is 0.467 e. The third-order valence-electron chi connectivity index (χ3n) is 4.49. The minimum Gasteiger partial charge on any atom is -0.467 e. The second-order valence-corrected chi connectivity index (χ2v) is 6.73. The SMILES string of the molecule is C=CCCCCCCCCC(=O)c1ccc(C(=O)NC(CC=C)C(=O)OC)[nH]1. The lowest BCUT2D eigenvalue weighted by atomic mass is 10.1. The predicted molar refractivity (Wildman–Crippen MR) is 110 cm³/mol. The number of allylic oxidation sites excluding steroid dienone is 1. The van der Waals surface area contributed by atoms with Gasteiger partial charge in [0.1, 0.15) is 11.7 Å². The molecule has 6 nitrogen and oxygen atoms in total. The van der Waals surface area contributed by atoms with E-state index in [2.05, 4.69) is 28.2 Å². The van der Waals surface area contributed by atoms with E-state index in [0.717, 1.165) is 25.7 Å². The zero-order chi connectivity index (χ0) is 20.8. The third kappa shape index (κ3) is 8.37. The fourth-order valence-electron chi connectivity index (χ4n) is 2.87. The van der Waals surface area contributed by atoms with Crippen molar-refractivity contribution in [1.29, 1.82) is 0 Å². The number of nitrogens with one attached hydrogen (secondary N) is 2. The summed E-state index contributed by atoms with van der Waals surface area (Å²) >= 11 is 0. The van der Waals surface area contributed by atoms with Gasteiger partial charge in [-0.1, -0.05) is 37.8 Å². The summed E-state index contributed by atoms with van der Waals surface area (Å²) in [6.45, 7) is 7.28. The number of carbonyl (C=O) groups is 3. The summed E-state index contributed by atoms with van der Waals surface area (Å²) in [5.74, 6) is -1.02. The summed E-state index contributed by atoms with van der Waals surface area (Å²) in [4.78, 5) is 39.1. The first-order valence-corrected chi connectivity index (χ1v) is 9.86. The number of rotatable bonds is 15. The molecule has 0 aliphatic rings. The van der Waals surface area contributed by atoms with Crippen molar-refractivity contribution in [1.82, 2.24) is 10.3 Å². The van der Waals surface area contributed by atoms with Crippen molar-refractivity contribution in [3.8, 4) is 0 Å². The molecule has 0 saturated carbocycles. The number of carbonyl (C=O) groups excluding carboxylic acids is 3. The maximum Gasteiger partial charge on any atom is 0.328 e. The lowest BCUT2D eigenvalue weighted by molar-refractivity contribution is -0.142. The number of ether oxygens (including phenoxy) is 1.